The van der Waals surface area contributed by atoms with Crippen LogP contribution >= 0.6 is 0 Å². The van der Waals surface area contributed by atoms with Crippen LogP contribution in [0, 0.1) is 0 Å². The van der Waals surface area contributed by atoms with Crippen molar-refractivity contribution in [2.75, 3.05) is 46.8 Å². The third-order valence-corrected chi connectivity index (χ3v) is 5.77. The first-order valence-corrected chi connectivity index (χ1v) is 10.6. The van der Waals surface area contributed by atoms with Gasteiger partial charge in [0.15, 0.2) is 5.69 Å². The number of nitrogens with one attached hydrogen (secondary N) is 1. The fourth-order valence-corrected chi connectivity index (χ4v) is 3.77. The van der Waals surface area contributed by atoms with E-state index in [2.05, 4.69) is 57.8 Å². The van der Waals surface area contributed by atoms with Gasteiger partial charge in [0.2, 0.25) is 0 Å². The Hall–Kier alpha value is -2.25. The summed E-state index contributed by atoms with van der Waals surface area (Å²) in [5.41, 5.74) is 1.82. The van der Waals surface area contributed by atoms with E-state index in [1.165, 1.54) is 12.0 Å². The van der Waals surface area contributed by atoms with Crippen molar-refractivity contribution in [2.24, 2.45) is 0 Å². The lowest BCUT2D eigenvalue weighted by Crippen LogP contribution is -2.35. The zero-order valence-corrected chi connectivity index (χ0v) is 17.9. The Balaban J connectivity index is 1.41. The van der Waals surface area contributed by atoms with Crippen LogP contribution in [-0.2, 0) is 0 Å². The van der Waals surface area contributed by atoms with Gasteiger partial charge in [-0.1, -0.05) is 42.5 Å². The lowest BCUT2D eigenvalue weighted by Gasteiger charge is -2.32. The van der Waals surface area contributed by atoms with Gasteiger partial charge in [0.05, 0.1) is 12.2 Å². The van der Waals surface area contributed by atoms with Gasteiger partial charge in [0.25, 0.3) is 5.91 Å². The molecule has 1 aliphatic heterocycles. The Morgan fingerprint density at radius 1 is 1.24 bits per heavy atom. The average Bonchev–Trinajstić information content (AvgIpc) is 3.23. The Morgan fingerprint density at radius 2 is 1.97 bits per heavy atom. The van der Waals surface area contributed by atoms with E-state index in [1.54, 1.807) is 6.20 Å². The Kier molecular flexibility index (Phi) is 7.77. The van der Waals surface area contributed by atoms with Crippen LogP contribution in [-0.4, -0.2) is 77.5 Å². The van der Waals surface area contributed by atoms with Crippen LogP contribution in [0.2, 0.25) is 0 Å². The van der Waals surface area contributed by atoms with Crippen molar-refractivity contribution in [1.29, 1.82) is 0 Å². The molecule has 7 heteroatoms. The topological polar surface area (TPSA) is 66.3 Å². The molecule has 2 aromatic rings. The first kappa shape index (κ1) is 21.5. The second-order valence-corrected chi connectivity index (χ2v) is 8.32. The number of amides is 1. The summed E-state index contributed by atoms with van der Waals surface area (Å²) in [6.07, 6.45) is 5.06. The summed E-state index contributed by atoms with van der Waals surface area (Å²) >= 11 is 0. The van der Waals surface area contributed by atoms with Crippen molar-refractivity contribution < 1.29 is 4.79 Å². The highest BCUT2D eigenvalue weighted by Gasteiger charge is 2.23. The molecule has 0 unspecified atom stereocenters. The maximum atomic E-state index is 12.2. The van der Waals surface area contributed by atoms with Gasteiger partial charge in [-0.2, -0.15) is 0 Å². The van der Waals surface area contributed by atoms with E-state index in [4.69, 9.17) is 0 Å². The molecule has 0 bridgehead atoms. The molecule has 2 heterocycles. The molecular weight excluding hydrogens is 364 g/mol. The maximum absolute atomic E-state index is 12.2. The molecule has 1 aliphatic rings. The second kappa shape index (κ2) is 10.5. The summed E-state index contributed by atoms with van der Waals surface area (Å²) in [6.45, 7) is 6.98. The molecule has 29 heavy (non-hydrogen) atoms. The van der Waals surface area contributed by atoms with E-state index < -0.39 is 0 Å². The monoisotopic (exact) mass is 398 g/mol. The van der Waals surface area contributed by atoms with Crippen LogP contribution in [0.25, 0.3) is 0 Å². The average molecular weight is 399 g/mol. The van der Waals surface area contributed by atoms with Crippen molar-refractivity contribution >= 4 is 5.91 Å². The number of likely N-dealkylation sites (N-methyl/N-ethyl adjacent to an activating group) is 1. The van der Waals surface area contributed by atoms with Crippen LogP contribution < -0.4 is 5.32 Å². The van der Waals surface area contributed by atoms with Gasteiger partial charge in [-0.05, 0) is 51.4 Å². The summed E-state index contributed by atoms with van der Waals surface area (Å²) in [7, 11) is 3.97. The third kappa shape index (κ3) is 6.37. The van der Waals surface area contributed by atoms with E-state index in [1.807, 2.05) is 23.7 Å². The molecule has 0 radical (unpaired) electrons. The molecule has 1 atom stereocenters. The molecule has 0 spiro atoms. The van der Waals surface area contributed by atoms with E-state index in [0.29, 0.717) is 24.2 Å². The smallest absolute Gasteiger partial charge is 0.273 e. The second-order valence-electron chi connectivity index (χ2n) is 8.32. The number of rotatable bonds is 9. The number of piperidine rings is 1. The van der Waals surface area contributed by atoms with Crippen LogP contribution in [0.5, 0.6) is 0 Å². The highest BCUT2D eigenvalue weighted by atomic mass is 16.2. The summed E-state index contributed by atoms with van der Waals surface area (Å²) < 4.78 is 1.88. The molecule has 1 N–H and O–H groups in total. The first-order valence-electron chi connectivity index (χ1n) is 10.6. The highest BCUT2D eigenvalue weighted by Crippen LogP contribution is 2.24. The number of hydrogen-bond acceptors (Lipinski definition) is 5. The molecule has 0 aliphatic carbocycles. The zero-order valence-electron chi connectivity index (χ0n) is 17.9. The fraction of sp³-hybridized carbons (Fsp3) is 0.591. The lowest BCUT2D eigenvalue weighted by atomic mass is 9.97. The summed E-state index contributed by atoms with van der Waals surface area (Å²) in [5, 5.41) is 11.2. The van der Waals surface area contributed by atoms with E-state index in [9.17, 15) is 4.79 Å². The molecule has 1 fully saturated rings. The first-order chi connectivity index (χ1) is 14.0. The lowest BCUT2D eigenvalue weighted by molar-refractivity contribution is 0.0946. The number of carbonyl (C=O) groups excluding carboxylic acids is 1. The molecule has 1 aromatic carbocycles. The van der Waals surface area contributed by atoms with Crippen molar-refractivity contribution in [3.05, 3.63) is 47.8 Å². The number of hydrogen-bond donors (Lipinski definition) is 1. The van der Waals surface area contributed by atoms with Gasteiger partial charge < -0.3 is 15.1 Å². The summed E-state index contributed by atoms with van der Waals surface area (Å²) in [6, 6.07) is 11.1. The largest absolute Gasteiger partial charge is 0.349 e. The molecule has 1 aromatic heterocycles. The predicted molar refractivity (Wildman–Crippen MR) is 115 cm³/mol. The maximum Gasteiger partial charge on any atom is 0.273 e. The van der Waals surface area contributed by atoms with Crippen LogP contribution in [0.15, 0.2) is 36.5 Å². The SMILES string of the molecule is C[C@@H](CCN1CCC(n2cc(C(=O)NCCN(C)C)nn2)CC1)c1ccccc1. The molecule has 1 saturated heterocycles. The quantitative estimate of drug-likeness (QED) is 0.703. The predicted octanol–water partition coefficient (Wildman–Crippen LogP) is 2.40. The number of carbonyl (C=O) groups is 1. The molecule has 3 rings (SSSR count). The zero-order chi connectivity index (χ0) is 20.6. The summed E-state index contributed by atoms with van der Waals surface area (Å²) in [4.78, 5) is 16.8. The number of likely N-dealkylation sites (tertiary alicyclic amines) is 1. The normalized spacial score (nSPS) is 16.8. The van der Waals surface area contributed by atoms with Crippen molar-refractivity contribution in [3.8, 4) is 0 Å². The van der Waals surface area contributed by atoms with E-state index >= 15 is 0 Å². The van der Waals surface area contributed by atoms with Gasteiger partial charge in [0.1, 0.15) is 0 Å². The fourth-order valence-electron chi connectivity index (χ4n) is 3.77. The van der Waals surface area contributed by atoms with Gasteiger partial charge in [-0.15, -0.1) is 5.10 Å². The van der Waals surface area contributed by atoms with Crippen LogP contribution in [0.3, 0.4) is 0 Å². The van der Waals surface area contributed by atoms with Gasteiger partial charge in [-0.3, -0.25) is 4.79 Å². The Labute approximate surface area is 174 Å². The van der Waals surface area contributed by atoms with Gasteiger partial charge in [-0.25, -0.2) is 4.68 Å². The minimum absolute atomic E-state index is 0.148. The van der Waals surface area contributed by atoms with E-state index in [0.717, 1.165) is 39.0 Å². The Bertz CT molecular complexity index is 752. The molecule has 158 valence electrons. The molecule has 0 saturated carbocycles. The van der Waals surface area contributed by atoms with Gasteiger partial charge >= 0.3 is 0 Å². The van der Waals surface area contributed by atoms with Crippen molar-refractivity contribution in [1.82, 2.24) is 30.1 Å². The van der Waals surface area contributed by atoms with E-state index in [-0.39, 0.29) is 5.91 Å². The standard InChI is InChI=1S/C22H34N6O/c1-18(19-7-5-4-6-8-19)9-13-27-14-10-20(11-15-27)28-17-21(24-25-28)22(29)23-12-16-26(2)3/h4-8,17-18,20H,9-16H2,1-3H3,(H,23,29)/t18-/m0/s1. The molecule has 1 amide bonds. The van der Waals surface area contributed by atoms with Crippen molar-refractivity contribution in [3.63, 3.8) is 0 Å². The number of aromatic nitrogens is 3. The molecular formula is C22H34N6O. The minimum atomic E-state index is -0.148. The van der Waals surface area contributed by atoms with Crippen LogP contribution in [0.1, 0.15) is 54.2 Å². The van der Waals surface area contributed by atoms with Gasteiger partial charge in [0, 0.05) is 26.2 Å². The summed E-state index contributed by atoms with van der Waals surface area (Å²) in [5.74, 6) is 0.434. The minimum Gasteiger partial charge on any atom is -0.349 e. The van der Waals surface area contributed by atoms with Crippen LogP contribution in [0.4, 0.5) is 0 Å². The number of benzene rings is 1. The third-order valence-electron chi connectivity index (χ3n) is 5.77. The highest BCUT2D eigenvalue weighted by molar-refractivity contribution is 5.91. The Morgan fingerprint density at radius 3 is 2.66 bits per heavy atom. The van der Waals surface area contributed by atoms with Crippen molar-refractivity contribution in [2.45, 2.75) is 38.1 Å². The molecule has 7 nitrogen and oxygen atoms in total. The number of nitrogens with zero attached hydrogens (tertiary/aromatic N) is 5.